The molecule has 0 bridgehead atoms. The molecule has 0 radical (unpaired) electrons. The molecule has 0 saturated carbocycles. The van der Waals surface area contributed by atoms with Crippen molar-refractivity contribution in [3.8, 4) is 0 Å². The molecule has 0 aliphatic heterocycles. The van der Waals surface area contributed by atoms with Crippen molar-refractivity contribution in [2.45, 2.75) is 52.1 Å². The van der Waals surface area contributed by atoms with Gasteiger partial charge in [0, 0.05) is 0 Å². The fraction of sp³-hybridized carbons (Fsp3) is 0.611. The van der Waals surface area contributed by atoms with Crippen molar-refractivity contribution in [2.24, 2.45) is 11.8 Å². The van der Waals surface area contributed by atoms with Gasteiger partial charge in [0.25, 0.3) is 0 Å². The normalized spacial score (nSPS) is 18.8. The summed E-state index contributed by atoms with van der Waals surface area (Å²) >= 11 is 0. The number of hydrogen-bond acceptors (Lipinski definition) is 4. The standard InChI is InChI=1S/C18H28N2O4/c1-4-24-18(23)20-16(10-13(2)3)17(22)19-15(12-21)11-14-8-6-5-7-9-14/h5-8,12-16H,4,9-11H2,1-3H3,(H,19,22)(H,20,23). The first-order chi connectivity index (χ1) is 11.5. The van der Waals surface area contributed by atoms with E-state index in [9.17, 15) is 14.4 Å². The van der Waals surface area contributed by atoms with Crippen molar-refractivity contribution in [3.63, 3.8) is 0 Å². The Balaban J connectivity index is 2.62. The van der Waals surface area contributed by atoms with E-state index < -0.39 is 18.2 Å². The van der Waals surface area contributed by atoms with Crippen LogP contribution < -0.4 is 10.6 Å². The number of allylic oxidation sites excluding steroid dienone is 4. The molecule has 1 aliphatic rings. The number of carbonyl (C=O) groups is 3. The summed E-state index contributed by atoms with van der Waals surface area (Å²) in [4.78, 5) is 35.4. The fourth-order valence-corrected chi connectivity index (χ4v) is 2.58. The van der Waals surface area contributed by atoms with Gasteiger partial charge in [-0.15, -0.1) is 0 Å². The molecule has 3 unspecified atom stereocenters. The van der Waals surface area contributed by atoms with Crippen molar-refractivity contribution < 1.29 is 19.1 Å². The molecular weight excluding hydrogens is 308 g/mol. The first-order valence-corrected chi connectivity index (χ1v) is 8.48. The van der Waals surface area contributed by atoms with Crippen molar-refractivity contribution in [1.29, 1.82) is 0 Å². The van der Waals surface area contributed by atoms with Crippen molar-refractivity contribution >= 4 is 18.3 Å². The van der Waals surface area contributed by atoms with Crippen LogP contribution in [0.25, 0.3) is 0 Å². The maximum Gasteiger partial charge on any atom is 0.407 e. The molecule has 1 rings (SSSR count). The Labute approximate surface area is 143 Å². The summed E-state index contributed by atoms with van der Waals surface area (Å²) < 4.78 is 4.84. The van der Waals surface area contributed by atoms with Crippen molar-refractivity contribution in [3.05, 3.63) is 24.3 Å². The lowest BCUT2D eigenvalue weighted by Gasteiger charge is -2.23. The number of amides is 2. The molecule has 2 N–H and O–H groups in total. The van der Waals surface area contributed by atoms with Crippen LogP contribution in [0.15, 0.2) is 24.3 Å². The number of alkyl carbamates (subject to hydrolysis) is 1. The predicted molar refractivity (Wildman–Crippen MR) is 92.4 cm³/mol. The monoisotopic (exact) mass is 336 g/mol. The Morgan fingerprint density at radius 1 is 1.29 bits per heavy atom. The summed E-state index contributed by atoms with van der Waals surface area (Å²) in [6.45, 7) is 5.86. The largest absolute Gasteiger partial charge is 0.450 e. The van der Waals surface area contributed by atoms with E-state index in [2.05, 4.69) is 10.6 Å². The Morgan fingerprint density at radius 3 is 2.58 bits per heavy atom. The van der Waals surface area contributed by atoms with Crippen LogP contribution in [0.2, 0.25) is 0 Å². The van der Waals surface area contributed by atoms with Gasteiger partial charge >= 0.3 is 6.09 Å². The molecule has 3 atom stereocenters. The molecule has 0 saturated heterocycles. The second-order valence-electron chi connectivity index (χ2n) is 6.34. The Morgan fingerprint density at radius 2 is 2.04 bits per heavy atom. The van der Waals surface area contributed by atoms with Gasteiger partial charge in [0.15, 0.2) is 0 Å². The molecule has 0 aromatic carbocycles. The van der Waals surface area contributed by atoms with E-state index in [-0.39, 0.29) is 24.3 Å². The Bertz CT molecular complexity index is 485. The third-order valence-corrected chi connectivity index (χ3v) is 3.71. The third kappa shape index (κ3) is 7.44. The Kier molecular flexibility index (Phi) is 8.83. The molecule has 6 heteroatoms. The highest BCUT2D eigenvalue weighted by Gasteiger charge is 2.25. The topological polar surface area (TPSA) is 84.5 Å². The number of nitrogens with one attached hydrogen (secondary N) is 2. The minimum absolute atomic E-state index is 0.212. The van der Waals surface area contributed by atoms with Crippen LogP contribution in [0.1, 0.15) is 40.0 Å². The van der Waals surface area contributed by atoms with E-state index in [0.29, 0.717) is 12.8 Å². The average Bonchev–Trinajstić information content (AvgIpc) is 2.54. The van der Waals surface area contributed by atoms with Crippen LogP contribution in [0.5, 0.6) is 0 Å². The second-order valence-corrected chi connectivity index (χ2v) is 6.34. The number of aldehydes is 1. The van der Waals surface area contributed by atoms with E-state index in [4.69, 9.17) is 4.74 Å². The van der Waals surface area contributed by atoms with Gasteiger partial charge in [0.2, 0.25) is 5.91 Å². The lowest BCUT2D eigenvalue weighted by Crippen LogP contribution is -2.51. The van der Waals surface area contributed by atoms with E-state index in [1.54, 1.807) is 6.92 Å². The lowest BCUT2D eigenvalue weighted by atomic mass is 9.93. The summed E-state index contributed by atoms with van der Waals surface area (Å²) in [6.07, 6.45) is 9.99. The zero-order valence-corrected chi connectivity index (χ0v) is 14.7. The molecule has 1 aliphatic carbocycles. The van der Waals surface area contributed by atoms with Crippen LogP contribution in [-0.2, 0) is 14.3 Å². The molecule has 0 fully saturated rings. The summed E-state index contributed by atoms with van der Waals surface area (Å²) in [6, 6.07) is -1.29. The number of hydrogen-bond donors (Lipinski definition) is 2. The summed E-state index contributed by atoms with van der Waals surface area (Å²) in [5, 5.41) is 5.30. The minimum Gasteiger partial charge on any atom is -0.450 e. The SMILES string of the molecule is CCOC(=O)NC(CC(C)C)C(=O)NC(C=O)CC1C=CC=CC1. The fourth-order valence-electron chi connectivity index (χ4n) is 2.58. The highest BCUT2D eigenvalue weighted by atomic mass is 16.5. The predicted octanol–water partition coefficient (Wildman–Crippen LogP) is 2.35. The van der Waals surface area contributed by atoms with Gasteiger partial charge in [0.05, 0.1) is 12.6 Å². The van der Waals surface area contributed by atoms with Crippen molar-refractivity contribution in [1.82, 2.24) is 10.6 Å². The second kappa shape index (κ2) is 10.6. The first-order valence-electron chi connectivity index (χ1n) is 8.48. The average molecular weight is 336 g/mol. The van der Waals surface area contributed by atoms with Gasteiger partial charge in [-0.2, -0.15) is 0 Å². The van der Waals surface area contributed by atoms with Gasteiger partial charge in [-0.3, -0.25) is 4.79 Å². The van der Waals surface area contributed by atoms with E-state index >= 15 is 0 Å². The Hall–Kier alpha value is -2.11. The molecule has 0 spiro atoms. The molecule has 24 heavy (non-hydrogen) atoms. The van der Waals surface area contributed by atoms with Gasteiger partial charge in [-0.05, 0) is 38.0 Å². The smallest absolute Gasteiger partial charge is 0.407 e. The highest BCUT2D eigenvalue weighted by Crippen LogP contribution is 2.17. The van der Waals surface area contributed by atoms with Gasteiger partial charge < -0.3 is 20.2 Å². The molecule has 0 aromatic rings. The zero-order valence-electron chi connectivity index (χ0n) is 14.7. The van der Waals surface area contributed by atoms with Crippen molar-refractivity contribution in [2.75, 3.05) is 6.61 Å². The molecule has 0 heterocycles. The minimum atomic E-state index is -0.715. The van der Waals surface area contributed by atoms with Crippen LogP contribution >= 0.6 is 0 Å². The third-order valence-electron chi connectivity index (χ3n) is 3.71. The maximum atomic E-state index is 12.5. The molecule has 2 amide bonds. The summed E-state index contributed by atoms with van der Waals surface area (Å²) in [5.41, 5.74) is 0. The molecule has 134 valence electrons. The van der Waals surface area contributed by atoms with Crippen LogP contribution in [0, 0.1) is 11.8 Å². The first kappa shape index (κ1) is 19.9. The number of rotatable bonds is 9. The van der Waals surface area contributed by atoms with Gasteiger partial charge in [-0.1, -0.05) is 38.2 Å². The number of carbonyl (C=O) groups excluding carboxylic acids is 3. The van der Waals surface area contributed by atoms with E-state index in [1.165, 1.54) is 0 Å². The zero-order chi connectivity index (χ0) is 17.9. The molecule has 0 aromatic heterocycles. The van der Waals surface area contributed by atoms with Gasteiger partial charge in [0.1, 0.15) is 12.3 Å². The summed E-state index contributed by atoms with van der Waals surface area (Å²) in [5.74, 6) is 0.0834. The van der Waals surface area contributed by atoms with Crippen LogP contribution in [0.4, 0.5) is 4.79 Å². The molecule has 6 nitrogen and oxygen atoms in total. The van der Waals surface area contributed by atoms with Gasteiger partial charge in [-0.25, -0.2) is 4.79 Å². The van der Waals surface area contributed by atoms with Crippen LogP contribution in [0.3, 0.4) is 0 Å². The summed E-state index contributed by atoms with van der Waals surface area (Å²) in [7, 11) is 0. The quantitative estimate of drug-likeness (QED) is 0.633. The van der Waals surface area contributed by atoms with E-state index in [0.717, 1.165) is 12.7 Å². The highest BCUT2D eigenvalue weighted by molar-refractivity contribution is 5.87. The lowest BCUT2D eigenvalue weighted by molar-refractivity contribution is -0.126. The van der Waals surface area contributed by atoms with Crippen LogP contribution in [-0.4, -0.2) is 37.0 Å². The maximum absolute atomic E-state index is 12.5. The molecular formula is C18H28N2O4. The van der Waals surface area contributed by atoms with E-state index in [1.807, 2.05) is 38.2 Å². The number of ether oxygens (including phenoxy) is 1.